The van der Waals surface area contributed by atoms with E-state index < -0.39 is 24.6 Å². The highest BCUT2D eigenvalue weighted by molar-refractivity contribution is 5.87. The van der Waals surface area contributed by atoms with Gasteiger partial charge in [0.05, 0.1) is 62.2 Å². The van der Waals surface area contributed by atoms with Crippen LogP contribution in [0.2, 0.25) is 0 Å². The third-order valence-corrected chi connectivity index (χ3v) is 12.0. The fraction of sp³-hybridized carbons (Fsp3) is 0.553. The highest BCUT2D eigenvalue weighted by Gasteiger charge is 2.38. The predicted octanol–water partition coefficient (Wildman–Crippen LogP) is 5.82. The SMILES string of the molecule is COCCOc1c(-c2ccc(-c3cnc(C4CCCCN4C(=O)C(NC(=O)OC)C(C)C)[nH]3)cc2)ccc(-c2cnc(C3CCCN3C(=O)C(NC(O)OC)C(C)C)[nH]2)c1OCCOC. The summed E-state index contributed by atoms with van der Waals surface area (Å²) < 4.78 is 33.5. The van der Waals surface area contributed by atoms with Crippen LogP contribution in [0.3, 0.4) is 0 Å². The van der Waals surface area contributed by atoms with Crippen LogP contribution in [0.4, 0.5) is 4.79 Å². The van der Waals surface area contributed by atoms with Gasteiger partial charge >= 0.3 is 6.09 Å². The zero-order valence-electron chi connectivity index (χ0n) is 38.8. The molecule has 0 spiro atoms. The minimum absolute atomic E-state index is 0.101. The van der Waals surface area contributed by atoms with Gasteiger partial charge in [0, 0.05) is 45.5 Å². The summed E-state index contributed by atoms with van der Waals surface area (Å²) in [5, 5.41) is 15.8. The number of nitrogens with one attached hydrogen (secondary N) is 4. The summed E-state index contributed by atoms with van der Waals surface area (Å²) in [6, 6.07) is 10.1. The van der Waals surface area contributed by atoms with Gasteiger partial charge in [-0.25, -0.2) is 14.8 Å². The Morgan fingerprint density at radius 3 is 1.80 bits per heavy atom. The van der Waals surface area contributed by atoms with Crippen LogP contribution >= 0.6 is 0 Å². The number of piperidine rings is 1. The Morgan fingerprint density at radius 1 is 0.692 bits per heavy atom. The number of H-pyrrole nitrogens is 2. The number of aromatic nitrogens is 4. The molecule has 0 aliphatic carbocycles. The van der Waals surface area contributed by atoms with Crippen molar-refractivity contribution in [2.45, 2.75) is 90.4 Å². The largest absolute Gasteiger partial charge is 0.487 e. The van der Waals surface area contributed by atoms with E-state index in [-0.39, 0.29) is 48.9 Å². The van der Waals surface area contributed by atoms with Gasteiger partial charge in [-0.1, -0.05) is 52.0 Å². The molecule has 65 heavy (non-hydrogen) atoms. The lowest BCUT2D eigenvalue weighted by Gasteiger charge is -2.37. The molecular formula is C47H66N8O10. The van der Waals surface area contributed by atoms with Gasteiger partial charge in [0.15, 0.2) is 11.5 Å². The van der Waals surface area contributed by atoms with Gasteiger partial charge in [-0.2, -0.15) is 0 Å². The van der Waals surface area contributed by atoms with Crippen molar-refractivity contribution in [2.24, 2.45) is 11.8 Å². The summed E-state index contributed by atoms with van der Waals surface area (Å²) >= 11 is 0. The number of ether oxygens (including phenoxy) is 6. The molecule has 2 saturated heterocycles. The van der Waals surface area contributed by atoms with Crippen LogP contribution < -0.4 is 20.1 Å². The van der Waals surface area contributed by atoms with Crippen LogP contribution in [-0.2, 0) is 28.5 Å². The molecule has 18 nitrogen and oxygen atoms in total. The van der Waals surface area contributed by atoms with Gasteiger partial charge in [-0.3, -0.25) is 14.9 Å². The lowest BCUT2D eigenvalue weighted by Crippen LogP contribution is -2.53. The molecule has 5 N–H and O–H groups in total. The maximum Gasteiger partial charge on any atom is 0.407 e. The molecule has 0 saturated carbocycles. The molecule has 2 aromatic carbocycles. The molecular weight excluding hydrogens is 837 g/mol. The Kier molecular flexibility index (Phi) is 17.4. The van der Waals surface area contributed by atoms with Crippen molar-refractivity contribution in [3.05, 3.63) is 60.4 Å². The number of imidazole rings is 2. The van der Waals surface area contributed by atoms with Crippen molar-refractivity contribution < 1.29 is 47.9 Å². The first-order chi connectivity index (χ1) is 31.4. The van der Waals surface area contributed by atoms with Crippen LogP contribution in [-0.4, -0.2) is 139 Å². The Hall–Kier alpha value is -5.53. The Bertz CT molecular complexity index is 2180. The quantitative estimate of drug-likeness (QED) is 0.0493. The molecule has 0 radical (unpaired) electrons. The summed E-state index contributed by atoms with van der Waals surface area (Å²) in [5.74, 6) is 1.82. The standard InChI is InChI=1S/C47H66N8O10/c1-28(2)38(52-46(58)62-7)44(56)54-20-10-9-12-36(54)42-48-26-34(50-42)31-16-14-30(15-17-31)32-18-19-33(41(65-25-23-61-6)40(32)64-24-22-60-5)35-27-49-43(51-35)37-13-11-21-55(37)45(57)39(29(3)4)53-47(59)63-8/h14-19,26-29,36-39,47,53,59H,9-13,20-25H2,1-8H3,(H,48,50)(H,49,51)(H,52,58). The first-order valence-electron chi connectivity index (χ1n) is 22.4. The number of methoxy groups -OCH3 is 4. The number of aromatic amines is 2. The third-order valence-electron chi connectivity index (χ3n) is 12.0. The van der Waals surface area contributed by atoms with Crippen molar-refractivity contribution in [2.75, 3.05) is 68.0 Å². The van der Waals surface area contributed by atoms with Crippen LogP contribution in [0, 0.1) is 11.8 Å². The van der Waals surface area contributed by atoms with Gasteiger partial charge in [-0.15, -0.1) is 0 Å². The second-order valence-corrected chi connectivity index (χ2v) is 17.0. The van der Waals surface area contributed by atoms with E-state index in [1.807, 2.05) is 73.9 Å². The number of benzene rings is 2. The Morgan fingerprint density at radius 2 is 1.22 bits per heavy atom. The zero-order chi connectivity index (χ0) is 46.6. The van der Waals surface area contributed by atoms with Crippen LogP contribution in [0.25, 0.3) is 33.6 Å². The number of nitrogens with zero attached hydrogens (tertiary/aromatic N) is 4. The minimum Gasteiger partial charge on any atom is -0.487 e. The Labute approximate surface area is 381 Å². The molecule has 3 amide bonds. The van der Waals surface area contributed by atoms with Crippen molar-refractivity contribution >= 4 is 17.9 Å². The molecule has 2 aromatic heterocycles. The lowest BCUT2D eigenvalue weighted by atomic mass is 9.97. The van der Waals surface area contributed by atoms with Gasteiger partial charge in [0.1, 0.15) is 30.9 Å². The second kappa shape index (κ2) is 23.1. The monoisotopic (exact) mass is 902 g/mol. The average Bonchev–Trinajstić information content (AvgIpc) is 4.12. The number of likely N-dealkylation sites (tertiary alicyclic amines) is 2. The number of amides is 3. The number of carbonyl (C=O) groups is 3. The molecule has 5 atom stereocenters. The fourth-order valence-electron chi connectivity index (χ4n) is 8.49. The second-order valence-electron chi connectivity index (χ2n) is 17.0. The predicted molar refractivity (Wildman–Crippen MR) is 243 cm³/mol. The first-order valence-corrected chi connectivity index (χ1v) is 22.4. The average molecular weight is 903 g/mol. The molecule has 4 heterocycles. The zero-order valence-corrected chi connectivity index (χ0v) is 38.8. The molecule has 2 aliphatic rings. The van der Waals surface area contributed by atoms with E-state index in [0.29, 0.717) is 55.1 Å². The van der Waals surface area contributed by atoms with Crippen molar-refractivity contribution in [1.29, 1.82) is 0 Å². The summed E-state index contributed by atoms with van der Waals surface area (Å²) in [5.41, 5.74) is 4.78. The molecule has 0 bridgehead atoms. The van der Waals surface area contributed by atoms with Crippen molar-refractivity contribution in [3.8, 4) is 45.1 Å². The van der Waals surface area contributed by atoms with E-state index >= 15 is 0 Å². The molecule has 5 unspecified atom stereocenters. The maximum absolute atomic E-state index is 13.9. The minimum atomic E-state index is -1.27. The van der Waals surface area contributed by atoms with Crippen LogP contribution in [0.1, 0.15) is 83.5 Å². The third kappa shape index (κ3) is 11.7. The van der Waals surface area contributed by atoms with E-state index in [9.17, 15) is 19.5 Å². The Balaban J connectivity index is 1.28. The fourth-order valence-corrected chi connectivity index (χ4v) is 8.49. The lowest BCUT2D eigenvalue weighted by molar-refractivity contribution is -0.145. The van der Waals surface area contributed by atoms with Crippen molar-refractivity contribution in [1.82, 2.24) is 40.4 Å². The topological polar surface area (TPSA) is 215 Å². The van der Waals surface area contributed by atoms with E-state index in [2.05, 4.69) is 20.6 Å². The van der Waals surface area contributed by atoms with Gasteiger partial charge < -0.3 is 58.6 Å². The molecule has 6 rings (SSSR count). The van der Waals surface area contributed by atoms with E-state index in [4.69, 9.17) is 38.4 Å². The van der Waals surface area contributed by atoms with E-state index in [1.165, 1.54) is 14.2 Å². The summed E-state index contributed by atoms with van der Waals surface area (Å²) in [6.07, 6.45) is 5.70. The molecule has 2 fully saturated rings. The normalized spacial score (nSPS) is 17.9. The first kappa shape index (κ1) is 48.9. The number of rotatable bonds is 21. The van der Waals surface area contributed by atoms with Gasteiger partial charge in [-0.05, 0) is 67.2 Å². The highest BCUT2D eigenvalue weighted by Crippen LogP contribution is 2.46. The molecule has 2 aliphatic heterocycles. The summed E-state index contributed by atoms with van der Waals surface area (Å²) in [7, 11) is 5.90. The van der Waals surface area contributed by atoms with Crippen LogP contribution in [0.15, 0.2) is 48.8 Å². The number of aliphatic hydroxyl groups excluding tert-OH is 1. The number of alkyl carbamates (subject to hydrolysis) is 1. The van der Waals surface area contributed by atoms with E-state index in [1.54, 1.807) is 26.6 Å². The van der Waals surface area contributed by atoms with Crippen molar-refractivity contribution in [3.63, 3.8) is 0 Å². The summed E-state index contributed by atoms with van der Waals surface area (Å²) in [6.45, 7) is 9.96. The number of aliphatic hydroxyl groups is 1. The van der Waals surface area contributed by atoms with Crippen LogP contribution in [0.5, 0.6) is 11.5 Å². The molecule has 354 valence electrons. The van der Waals surface area contributed by atoms with Gasteiger partial charge in [0.25, 0.3) is 0 Å². The highest BCUT2D eigenvalue weighted by atomic mass is 16.6. The number of hydrogen-bond acceptors (Lipinski definition) is 13. The molecule has 18 heteroatoms. The summed E-state index contributed by atoms with van der Waals surface area (Å²) in [4.78, 5) is 60.0. The van der Waals surface area contributed by atoms with E-state index in [0.717, 1.165) is 60.1 Å². The maximum atomic E-state index is 13.9. The molecule has 4 aromatic rings. The van der Waals surface area contributed by atoms with Gasteiger partial charge in [0.2, 0.25) is 18.2 Å². The smallest absolute Gasteiger partial charge is 0.407 e. The number of hydrogen-bond donors (Lipinski definition) is 5. The number of carbonyl (C=O) groups excluding carboxylic acids is 3.